The van der Waals surface area contributed by atoms with Crippen LogP contribution >= 0.6 is 7.60 Å². The van der Waals surface area contributed by atoms with Gasteiger partial charge in [-0.3, -0.25) is 13.9 Å². The number of carbonyl (C=O) groups excluding carboxylic acids is 1. The minimum atomic E-state index is -4.83. The van der Waals surface area contributed by atoms with Gasteiger partial charge in [-0.2, -0.15) is 26.3 Å². The van der Waals surface area contributed by atoms with Crippen molar-refractivity contribution in [3.05, 3.63) is 0 Å². The number of halogens is 6. The van der Waals surface area contributed by atoms with Gasteiger partial charge >= 0.3 is 25.9 Å². The highest BCUT2D eigenvalue weighted by atomic mass is 31.2. The molecule has 1 atom stereocenters. The Hall–Kier alpha value is -0.800. The van der Waals surface area contributed by atoms with Crippen LogP contribution in [-0.4, -0.2) is 44.3 Å². The normalized spacial score (nSPS) is 15.6. The van der Waals surface area contributed by atoms with Gasteiger partial charge in [-0.15, -0.1) is 0 Å². The average molecular weight is 346 g/mol. The molecule has 0 aliphatic carbocycles. The molecule has 0 heterocycles. The van der Waals surface area contributed by atoms with Crippen molar-refractivity contribution in [1.29, 1.82) is 0 Å². The molecule has 0 saturated heterocycles. The summed E-state index contributed by atoms with van der Waals surface area (Å²) in [5.74, 6) is -1.63. The van der Waals surface area contributed by atoms with E-state index >= 15 is 0 Å². The molecule has 5 nitrogen and oxygen atoms in total. The van der Waals surface area contributed by atoms with Crippen LogP contribution in [-0.2, 0) is 23.1 Å². The first kappa shape index (κ1) is 20.2. The molecule has 0 aromatic heterocycles. The van der Waals surface area contributed by atoms with E-state index in [2.05, 4.69) is 13.8 Å². The summed E-state index contributed by atoms with van der Waals surface area (Å²) in [7, 11) is -4.53. The Labute approximate surface area is 116 Å². The molecule has 0 aliphatic heterocycles. The fraction of sp³-hybridized carbons (Fsp3) is 0.889. The van der Waals surface area contributed by atoms with E-state index in [0.29, 0.717) is 0 Å². The Kier molecular flexibility index (Phi) is 7.69. The van der Waals surface area contributed by atoms with Gasteiger partial charge in [0.1, 0.15) is 6.16 Å². The van der Waals surface area contributed by atoms with E-state index in [9.17, 15) is 35.7 Å². The number of hydrogen-bond donors (Lipinski definition) is 0. The Morgan fingerprint density at radius 3 is 1.95 bits per heavy atom. The number of carbonyl (C=O) groups is 1. The highest BCUT2D eigenvalue weighted by Crippen LogP contribution is 2.49. The summed E-state index contributed by atoms with van der Waals surface area (Å²) in [6, 6.07) is 0. The average Bonchev–Trinajstić information content (AvgIpc) is 2.30. The van der Waals surface area contributed by atoms with Crippen LogP contribution in [0.15, 0.2) is 0 Å². The van der Waals surface area contributed by atoms with Gasteiger partial charge in [-0.25, -0.2) is 0 Å². The molecule has 0 aromatic carbocycles. The summed E-state index contributed by atoms with van der Waals surface area (Å²) >= 11 is 0. The number of ether oxygens (including phenoxy) is 1. The van der Waals surface area contributed by atoms with E-state index < -0.39 is 45.3 Å². The van der Waals surface area contributed by atoms with Crippen molar-refractivity contribution in [3.63, 3.8) is 0 Å². The standard InChI is InChI=1S/C9H13F6O5P/c1-2-3-19-21(17,20-6-9(13,14)15)4-7(16)18-5-8(10,11)12/h2-6H2,1H3. The first-order chi connectivity index (χ1) is 9.37. The lowest BCUT2D eigenvalue weighted by Gasteiger charge is -2.18. The second-order valence-electron chi connectivity index (χ2n) is 3.77. The topological polar surface area (TPSA) is 61.8 Å². The van der Waals surface area contributed by atoms with Gasteiger partial charge in [0, 0.05) is 0 Å². The third kappa shape index (κ3) is 11.5. The Morgan fingerprint density at radius 1 is 1.00 bits per heavy atom. The minimum absolute atomic E-state index is 0.247. The summed E-state index contributed by atoms with van der Waals surface area (Å²) in [4.78, 5) is 11.1. The third-order valence-corrected chi connectivity index (χ3v) is 3.38. The number of esters is 1. The summed E-state index contributed by atoms with van der Waals surface area (Å²) in [5.41, 5.74) is 0. The zero-order valence-corrected chi connectivity index (χ0v) is 11.7. The molecule has 0 spiro atoms. The van der Waals surface area contributed by atoms with Crippen LogP contribution in [0.2, 0.25) is 0 Å². The fourth-order valence-electron chi connectivity index (χ4n) is 0.897. The maximum Gasteiger partial charge on any atom is 0.422 e. The van der Waals surface area contributed by atoms with Crippen LogP contribution in [0.5, 0.6) is 0 Å². The van der Waals surface area contributed by atoms with Gasteiger partial charge in [-0.1, -0.05) is 6.92 Å². The zero-order valence-electron chi connectivity index (χ0n) is 10.8. The molecule has 12 heteroatoms. The highest BCUT2D eigenvalue weighted by Gasteiger charge is 2.37. The molecule has 0 bridgehead atoms. The molecule has 21 heavy (non-hydrogen) atoms. The summed E-state index contributed by atoms with van der Waals surface area (Å²) in [6.45, 7) is -2.66. The molecule has 126 valence electrons. The van der Waals surface area contributed by atoms with E-state index in [-0.39, 0.29) is 13.0 Å². The van der Waals surface area contributed by atoms with Crippen LogP contribution in [0.1, 0.15) is 13.3 Å². The molecule has 0 saturated carbocycles. The van der Waals surface area contributed by atoms with Gasteiger partial charge in [0.15, 0.2) is 13.2 Å². The molecular weight excluding hydrogens is 333 g/mol. The van der Waals surface area contributed by atoms with E-state index in [1.54, 1.807) is 0 Å². The summed E-state index contributed by atoms with van der Waals surface area (Å²) in [5, 5.41) is 0. The van der Waals surface area contributed by atoms with Crippen molar-refractivity contribution in [3.8, 4) is 0 Å². The quantitative estimate of drug-likeness (QED) is 0.383. The van der Waals surface area contributed by atoms with E-state index in [1.807, 2.05) is 0 Å². The van der Waals surface area contributed by atoms with E-state index in [1.165, 1.54) is 6.92 Å². The van der Waals surface area contributed by atoms with Crippen molar-refractivity contribution < 1.29 is 49.5 Å². The molecular formula is C9H13F6O5P. The first-order valence-corrected chi connectivity index (χ1v) is 7.27. The summed E-state index contributed by atoms with van der Waals surface area (Å²) in [6.07, 6.45) is -10.7. The van der Waals surface area contributed by atoms with Crippen LogP contribution in [0.4, 0.5) is 26.3 Å². The van der Waals surface area contributed by atoms with Gasteiger partial charge in [0.05, 0.1) is 6.61 Å². The maximum absolute atomic E-state index is 12.0. The van der Waals surface area contributed by atoms with Crippen molar-refractivity contribution in [2.24, 2.45) is 0 Å². The lowest BCUT2D eigenvalue weighted by molar-refractivity contribution is -0.184. The molecule has 0 amide bonds. The lowest BCUT2D eigenvalue weighted by Crippen LogP contribution is -2.24. The maximum atomic E-state index is 12.0. The van der Waals surface area contributed by atoms with Crippen molar-refractivity contribution in [2.75, 3.05) is 26.0 Å². The molecule has 0 N–H and O–H groups in total. The molecule has 0 fully saturated rings. The Balaban J connectivity index is 4.60. The number of hydrogen-bond acceptors (Lipinski definition) is 5. The summed E-state index contributed by atoms with van der Waals surface area (Å²) < 4.78 is 95.5. The zero-order chi connectivity index (χ0) is 16.7. The molecule has 0 aliphatic rings. The first-order valence-electron chi connectivity index (χ1n) is 5.54. The molecule has 1 unspecified atom stereocenters. The second-order valence-corrected chi connectivity index (χ2v) is 5.82. The van der Waals surface area contributed by atoms with Crippen LogP contribution < -0.4 is 0 Å². The van der Waals surface area contributed by atoms with Crippen molar-refractivity contribution in [2.45, 2.75) is 25.7 Å². The molecule has 0 rings (SSSR count). The molecule has 0 radical (unpaired) electrons. The monoisotopic (exact) mass is 346 g/mol. The second kappa shape index (κ2) is 8.00. The van der Waals surface area contributed by atoms with Gasteiger partial charge < -0.3 is 9.26 Å². The van der Waals surface area contributed by atoms with Crippen molar-refractivity contribution in [1.82, 2.24) is 0 Å². The van der Waals surface area contributed by atoms with Gasteiger partial charge in [-0.05, 0) is 6.42 Å². The Morgan fingerprint density at radius 2 is 1.52 bits per heavy atom. The SMILES string of the molecule is CCCOP(=O)(CC(=O)OCC(F)(F)F)OCC(F)(F)F. The van der Waals surface area contributed by atoms with Gasteiger partial charge in [0.25, 0.3) is 0 Å². The van der Waals surface area contributed by atoms with Crippen molar-refractivity contribution >= 4 is 13.6 Å². The predicted octanol–water partition coefficient (Wildman–Crippen LogP) is 3.29. The predicted molar refractivity (Wildman–Crippen MR) is 57.7 cm³/mol. The number of rotatable bonds is 8. The smallest absolute Gasteiger partial charge is 0.422 e. The van der Waals surface area contributed by atoms with E-state index in [0.717, 1.165) is 0 Å². The Bertz CT molecular complexity index is 380. The molecule has 0 aromatic rings. The van der Waals surface area contributed by atoms with E-state index in [4.69, 9.17) is 0 Å². The van der Waals surface area contributed by atoms with Crippen LogP contribution in [0.3, 0.4) is 0 Å². The van der Waals surface area contributed by atoms with Crippen LogP contribution in [0.25, 0.3) is 0 Å². The number of alkyl halides is 6. The van der Waals surface area contributed by atoms with Gasteiger partial charge in [0.2, 0.25) is 0 Å². The fourth-order valence-corrected chi connectivity index (χ4v) is 2.37. The van der Waals surface area contributed by atoms with Crippen LogP contribution in [0, 0.1) is 0 Å². The minimum Gasteiger partial charge on any atom is -0.456 e. The highest BCUT2D eigenvalue weighted by molar-refractivity contribution is 7.54. The lowest BCUT2D eigenvalue weighted by atomic mass is 10.5. The largest absolute Gasteiger partial charge is 0.456 e. The third-order valence-electron chi connectivity index (χ3n) is 1.64.